The molecule has 0 heterocycles. The van der Waals surface area contributed by atoms with Crippen LogP contribution in [0.5, 0.6) is 5.75 Å². The second-order valence-electron chi connectivity index (χ2n) is 3.31. The van der Waals surface area contributed by atoms with Gasteiger partial charge in [0.2, 0.25) is 0 Å². The van der Waals surface area contributed by atoms with Crippen molar-refractivity contribution in [3.8, 4) is 5.75 Å². The molecule has 6 nitrogen and oxygen atoms in total. The van der Waals surface area contributed by atoms with Gasteiger partial charge in [0.25, 0.3) is 0 Å². The van der Waals surface area contributed by atoms with Gasteiger partial charge in [-0.1, -0.05) is 6.07 Å². The van der Waals surface area contributed by atoms with Crippen LogP contribution >= 0.6 is 0 Å². The predicted octanol–water partition coefficient (Wildman–Crippen LogP) is 0.907. The van der Waals surface area contributed by atoms with Gasteiger partial charge in [0.05, 0.1) is 7.11 Å². The SMILES string of the molecule is COC(=O)c1c(N)cccc1OC(C)C(=O)O. The van der Waals surface area contributed by atoms with Gasteiger partial charge in [0.15, 0.2) is 6.10 Å². The summed E-state index contributed by atoms with van der Waals surface area (Å²) in [6, 6.07) is 4.53. The highest BCUT2D eigenvalue weighted by molar-refractivity contribution is 5.98. The first-order valence-electron chi connectivity index (χ1n) is 4.83. The number of hydrogen-bond acceptors (Lipinski definition) is 5. The normalized spacial score (nSPS) is 11.6. The number of benzene rings is 1. The number of carbonyl (C=O) groups excluding carboxylic acids is 1. The molecule has 1 rings (SSSR count). The predicted molar refractivity (Wildman–Crippen MR) is 59.9 cm³/mol. The Morgan fingerprint density at radius 2 is 2.06 bits per heavy atom. The van der Waals surface area contributed by atoms with E-state index in [1.807, 2.05) is 0 Å². The number of nitrogen functional groups attached to an aromatic ring is 1. The van der Waals surface area contributed by atoms with E-state index in [2.05, 4.69) is 4.74 Å². The molecule has 17 heavy (non-hydrogen) atoms. The number of ether oxygens (including phenoxy) is 2. The van der Waals surface area contributed by atoms with Gasteiger partial charge in [-0.2, -0.15) is 0 Å². The number of esters is 1. The van der Waals surface area contributed by atoms with E-state index in [1.54, 1.807) is 6.07 Å². The first kappa shape index (κ1) is 12.8. The summed E-state index contributed by atoms with van der Waals surface area (Å²) in [7, 11) is 1.21. The Labute approximate surface area is 97.9 Å². The summed E-state index contributed by atoms with van der Waals surface area (Å²) in [5.41, 5.74) is 5.83. The van der Waals surface area contributed by atoms with Crippen LogP contribution in [0.4, 0.5) is 5.69 Å². The zero-order chi connectivity index (χ0) is 13.0. The van der Waals surface area contributed by atoms with Crippen molar-refractivity contribution < 1.29 is 24.2 Å². The Morgan fingerprint density at radius 1 is 1.41 bits per heavy atom. The number of carboxylic acids is 1. The molecular weight excluding hydrogens is 226 g/mol. The van der Waals surface area contributed by atoms with Crippen LogP contribution in [-0.4, -0.2) is 30.3 Å². The fourth-order valence-electron chi connectivity index (χ4n) is 1.21. The monoisotopic (exact) mass is 239 g/mol. The molecule has 0 aliphatic rings. The third-order valence-corrected chi connectivity index (χ3v) is 2.10. The highest BCUT2D eigenvalue weighted by Crippen LogP contribution is 2.26. The Kier molecular flexibility index (Phi) is 3.92. The largest absolute Gasteiger partial charge is 0.479 e. The summed E-state index contributed by atoms with van der Waals surface area (Å²) >= 11 is 0. The molecule has 0 amide bonds. The Bertz CT molecular complexity index is 443. The Hall–Kier alpha value is -2.24. The maximum atomic E-state index is 11.5. The number of rotatable bonds is 4. The van der Waals surface area contributed by atoms with Gasteiger partial charge < -0.3 is 20.3 Å². The van der Waals surface area contributed by atoms with E-state index in [1.165, 1.54) is 26.2 Å². The smallest absolute Gasteiger partial charge is 0.344 e. The Balaban J connectivity index is 3.11. The molecule has 0 aliphatic heterocycles. The minimum atomic E-state index is -1.14. The second-order valence-corrected chi connectivity index (χ2v) is 3.31. The zero-order valence-corrected chi connectivity index (χ0v) is 9.47. The lowest BCUT2D eigenvalue weighted by Gasteiger charge is -2.14. The van der Waals surface area contributed by atoms with Gasteiger partial charge in [-0.15, -0.1) is 0 Å². The minimum Gasteiger partial charge on any atom is -0.479 e. The molecule has 0 fully saturated rings. The highest BCUT2D eigenvalue weighted by Gasteiger charge is 2.20. The van der Waals surface area contributed by atoms with Crippen molar-refractivity contribution in [1.82, 2.24) is 0 Å². The molecule has 1 aromatic carbocycles. The van der Waals surface area contributed by atoms with E-state index >= 15 is 0 Å². The van der Waals surface area contributed by atoms with Gasteiger partial charge in [0.1, 0.15) is 11.3 Å². The van der Waals surface area contributed by atoms with Crippen molar-refractivity contribution in [2.75, 3.05) is 12.8 Å². The van der Waals surface area contributed by atoms with Crippen molar-refractivity contribution in [1.29, 1.82) is 0 Å². The van der Waals surface area contributed by atoms with Crippen LogP contribution < -0.4 is 10.5 Å². The van der Waals surface area contributed by atoms with Crippen LogP contribution in [-0.2, 0) is 9.53 Å². The molecule has 0 aromatic heterocycles. The van der Waals surface area contributed by atoms with Crippen LogP contribution in [0.1, 0.15) is 17.3 Å². The minimum absolute atomic E-state index is 0.0306. The average molecular weight is 239 g/mol. The summed E-state index contributed by atoms with van der Waals surface area (Å²) in [4.78, 5) is 22.1. The number of aliphatic carboxylic acids is 1. The van der Waals surface area contributed by atoms with Crippen molar-refractivity contribution in [2.45, 2.75) is 13.0 Å². The van der Waals surface area contributed by atoms with Gasteiger partial charge in [-0.05, 0) is 19.1 Å². The fourth-order valence-corrected chi connectivity index (χ4v) is 1.21. The van der Waals surface area contributed by atoms with E-state index in [0.29, 0.717) is 0 Å². The topological polar surface area (TPSA) is 98.9 Å². The summed E-state index contributed by atoms with van der Waals surface area (Å²) in [6.45, 7) is 1.35. The molecule has 0 radical (unpaired) electrons. The van der Waals surface area contributed by atoms with Crippen LogP contribution in [0.15, 0.2) is 18.2 Å². The number of anilines is 1. The first-order chi connectivity index (χ1) is 7.97. The number of hydrogen-bond donors (Lipinski definition) is 2. The lowest BCUT2D eigenvalue weighted by Crippen LogP contribution is -2.24. The zero-order valence-electron chi connectivity index (χ0n) is 9.47. The summed E-state index contributed by atoms with van der Waals surface area (Å²) < 4.78 is 9.68. The highest BCUT2D eigenvalue weighted by atomic mass is 16.5. The van der Waals surface area contributed by atoms with Crippen molar-refractivity contribution in [3.63, 3.8) is 0 Å². The van der Waals surface area contributed by atoms with E-state index in [0.717, 1.165) is 0 Å². The molecule has 0 saturated heterocycles. The van der Waals surface area contributed by atoms with Crippen LogP contribution in [0.2, 0.25) is 0 Å². The molecular formula is C11H13NO5. The van der Waals surface area contributed by atoms with E-state index < -0.39 is 18.0 Å². The molecule has 0 bridgehead atoms. The maximum Gasteiger partial charge on any atom is 0.344 e. The molecule has 0 saturated carbocycles. The van der Waals surface area contributed by atoms with Crippen LogP contribution in [0.3, 0.4) is 0 Å². The summed E-state index contributed by atoms with van der Waals surface area (Å²) in [5, 5.41) is 8.73. The summed E-state index contributed by atoms with van der Waals surface area (Å²) in [6.07, 6.45) is -1.08. The van der Waals surface area contributed by atoms with Gasteiger partial charge in [0, 0.05) is 5.69 Å². The average Bonchev–Trinajstić information content (AvgIpc) is 2.28. The van der Waals surface area contributed by atoms with Gasteiger partial charge in [-0.25, -0.2) is 9.59 Å². The van der Waals surface area contributed by atoms with E-state index in [4.69, 9.17) is 15.6 Å². The van der Waals surface area contributed by atoms with Crippen molar-refractivity contribution >= 4 is 17.6 Å². The van der Waals surface area contributed by atoms with Crippen LogP contribution in [0.25, 0.3) is 0 Å². The standard InChI is InChI=1S/C11H13NO5/c1-6(10(13)14)17-8-5-3-4-7(12)9(8)11(15)16-2/h3-6H,12H2,1-2H3,(H,13,14). The quantitative estimate of drug-likeness (QED) is 0.598. The molecule has 6 heteroatoms. The molecule has 92 valence electrons. The van der Waals surface area contributed by atoms with Crippen molar-refractivity contribution in [3.05, 3.63) is 23.8 Å². The molecule has 3 N–H and O–H groups in total. The second kappa shape index (κ2) is 5.20. The molecule has 1 unspecified atom stereocenters. The number of carbonyl (C=O) groups is 2. The van der Waals surface area contributed by atoms with E-state index in [-0.39, 0.29) is 17.0 Å². The van der Waals surface area contributed by atoms with Gasteiger partial charge in [-0.3, -0.25) is 0 Å². The molecule has 1 atom stereocenters. The fraction of sp³-hybridized carbons (Fsp3) is 0.273. The summed E-state index contributed by atoms with van der Waals surface area (Å²) in [5.74, 6) is -1.72. The number of methoxy groups -OCH3 is 1. The molecule has 0 spiro atoms. The number of carboxylic acid groups (broad SMARTS) is 1. The molecule has 0 aliphatic carbocycles. The number of nitrogens with two attached hydrogens (primary N) is 1. The molecule has 1 aromatic rings. The lowest BCUT2D eigenvalue weighted by atomic mass is 10.1. The third kappa shape index (κ3) is 2.87. The van der Waals surface area contributed by atoms with Crippen molar-refractivity contribution in [2.24, 2.45) is 0 Å². The van der Waals surface area contributed by atoms with Gasteiger partial charge >= 0.3 is 11.9 Å². The lowest BCUT2D eigenvalue weighted by molar-refractivity contribution is -0.144. The first-order valence-corrected chi connectivity index (χ1v) is 4.83. The Morgan fingerprint density at radius 3 is 2.59 bits per heavy atom. The van der Waals surface area contributed by atoms with Crippen LogP contribution in [0, 0.1) is 0 Å². The third-order valence-electron chi connectivity index (χ3n) is 2.10. The van der Waals surface area contributed by atoms with E-state index in [9.17, 15) is 9.59 Å². The maximum absolute atomic E-state index is 11.5.